The normalized spacial score (nSPS) is 12.1. The Balaban J connectivity index is 2.67. The van der Waals surface area contributed by atoms with Crippen molar-refractivity contribution in [2.75, 3.05) is 12.9 Å². The standard InChI is InChI=1S/C10H13NO3S/c1-15-14-7-9(11-10(12)13)8-5-3-2-4-6-8/h2-6,9,11H,7H2,1H3,(H,12,13). The molecular weight excluding hydrogens is 214 g/mol. The molecule has 0 fully saturated rings. The zero-order valence-electron chi connectivity index (χ0n) is 8.34. The van der Waals surface area contributed by atoms with Crippen LogP contribution in [-0.2, 0) is 4.18 Å². The lowest BCUT2D eigenvalue weighted by atomic mass is 10.1. The Kier molecular flexibility index (Phi) is 5.00. The molecule has 82 valence electrons. The van der Waals surface area contributed by atoms with E-state index in [1.165, 1.54) is 12.0 Å². The van der Waals surface area contributed by atoms with Gasteiger partial charge in [0.05, 0.1) is 12.6 Å². The van der Waals surface area contributed by atoms with Crippen LogP contribution in [0, 0.1) is 0 Å². The van der Waals surface area contributed by atoms with Crippen LogP contribution in [0.2, 0.25) is 0 Å². The molecule has 0 bridgehead atoms. The van der Waals surface area contributed by atoms with E-state index in [0.717, 1.165) is 5.56 Å². The number of carbonyl (C=O) groups is 1. The number of nitrogens with one attached hydrogen (secondary N) is 1. The molecule has 0 saturated heterocycles. The Labute approximate surface area is 92.8 Å². The summed E-state index contributed by atoms with van der Waals surface area (Å²) in [5.41, 5.74) is 0.897. The summed E-state index contributed by atoms with van der Waals surface area (Å²) in [7, 11) is 0. The van der Waals surface area contributed by atoms with Gasteiger partial charge in [0.25, 0.3) is 0 Å². The van der Waals surface area contributed by atoms with Crippen molar-refractivity contribution in [3.63, 3.8) is 0 Å². The molecule has 1 amide bonds. The number of carboxylic acid groups (broad SMARTS) is 1. The fourth-order valence-corrected chi connectivity index (χ4v) is 1.46. The van der Waals surface area contributed by atoms with Crippen LogP contribution in [-0.4, -0.2) is 24.1 Å². The molecule has 1 aromatic rings. The molecule has 0 radical (unpaired) electrons. The first kappa shape index (κ1) is 11.9. The lowest BCUT2D eigenvalue weighted by Gasteiger charge is -2.16. The van der Waals surface area contributed by atoms with Gasteiger partial charge in [-0.05, 0) is 17.6 Å². The molecule has 0 aliphatic heterocycles. The topological polar surface area (TPSA) is 58.6 Å². The van der Waals surface area contributed by atoms with Crippen LogP contribution in [0.4, 0.5) is 4.79 Å². The first-order valence-electron chi connectivity index (χ1n) is 4.44. The highest BCUT2D eigenvalue weighted by atomic mass is 32.2. The van der Waals surface area contributed by atoms with Crippen LogP contribution < -0.4 is 5.32 Å². The Hall–Kier alpha value is -1.20. The second-order valence-electron chi connectivity index (χ2n) is 2.86. The molecule has 4 nitrogen and oxygen atoms in total. The summed E-state index contributed by atoms with van der Waals surface area (Å²) in [5, 5.41) is 11.1. The summed E-state index contributed by atoms with van der Waals surface area (Å²) in [4.78, 5) is 10.6. The molecule has 1 aromatic carbocycles. The number of benzene rings is 1. The molecular formula is C10H13NO3S. The van der Waals surface area contributed by atoms with Gasteiger partial charge in [0.15, 0.2) is 0 Å². The van der Waals surface area contributed by atoms with Crippen LogP contribution >= 0.6 is 12.0 Å². The van der Waals surface area contributed by atoms with Gasteiger partial charge in [0.2, 0.25) is 0 Å². The fourth-order valence-electron chi connectivity index (χ4n) is 1.19. The van der Waals surface area contributed by atoms with Crippen LogP contribution in [0.3, 0.4) is 0 Å². The highest BCUT2D eigenvalue weighted by Gasteiger charge is 2.13. The summed E-state index contributed by atoms with van der Waals surface area (Å²) >= 11 is 1.22. The highest BCUT2D eigenvalue weighted by molar-refractivity contribution is 7.93. The number of amides is 1. The second-order valence-corrected chi connectivity index (χ2v) is 3.43. The van der Waals surface area contributed by atoms with Gasteiger partial charge in [-0.1, -0.05) is 30.3 Å². The number of hydrogen-bond donors (Lipinski definition) is 2. The molecule has 0 heterocycles. The highest BCUT2D eigenvalue weighted by Crippen LogP contribution is 2.14. The fraction of sp³-hybridized carbons (Fsp3) is 0.300. The van der Waals surface area contributed by atoms with Crippen molar-refractivity contribution in [2.45, 2.75) is 6.04 Å². The third-order valence-electron chi connectivity index (χ3n) is 1.85. The summed E-state index contributed by atoms with van der Waals surface area (Å²) in [6.45, 7) is 0.317. The molecule has 0 aliphatic carbocycles. The van der Waals surface area contributed by atoms with Gasteiger partial charge in [-0.3, -0.25) is 0 Å². The number of rotatable bonds is 5. The minimum Gasteiger partial charge on any atom is -0.465 e. The van der Waals surface area contributed by atoms with Gasteiger partial charge in [0, 0.05) is 6.26 Å². The van der Waals surface area contributed by atoms with E-state index in [0.29, 0.717) is 6.61 Å². The van der Waals surface area contributed by atoms with Gasteiger partial charge in [-0.25, -0.2) is 4.79 Å². The molecule has 0 spiro atoms. The predicted octanol–water partition coefficient (Wildman–Crippen LogP) is 2.29. The zero-order chi connectivity index (χ0) is 11.1. The van der Waals surface area contributed by atoms with Crippen molar-refractivity contribution in [3.05, 3.63) is 35.9 Å². The van der Waals surface area contributed by atoms with Crippen LogP contribution in [0.25, 0.3) is 0 Å². The van der Waals surface area contributed by atoms with E-state index in [-0.39, 0.29) is 6.04 Å². The van der Waals surface area contributed by atoms with E-state index in [1.807, 2.05) is 30.3 Å². The Bertz CT molecular complexity index is 305. The van der Waals surface area contributed by atoms with Crippen molar-refractivity contribution >= 4 is 18.1 Å². The van der Waals surface area contributed by atoms with Gasteiger partial charge in [0.1, 0.15) is 0 Å². The summed E-state index contributed by atoms with van der Waals surface area (Å²) in [6.07, 6.45) is 0.747. The van der Waals surface area contributed by atoms with Crippen molar-refractivity contribution in [1.29, 1.82) is 0 Å². The molecule has 0 aromatic heterocycles. The molecule has 1 atom stereocenters. The molecule has 5 heteroatoms. The number of hydrogen-bond acceptors (Lipinski definition) is 3. The van der Waals surface area contributed by atoms with E-state index >= 15 is 0 Å². The minimum atomic E-state index is -1.05. The molecule has 0 saturated carbocycles. The lowest BCUT2D eigenvalue weighted by molar-refractivity contribution is 0.184. The largest absolute Gasteiger partial charge is 0.465 e. The molecule has 15 heavy (non-hydrogen) atoms. The van der Waals surface area contributed by atoms with Crippen LogP contribution in [0.1, 0.15) is 11.6 Å². The third-order valence-corrected chi connectivity index (χ3v) is 2.22. The van der Waals surface area contributed by atoms with Crippen molar-refractivity contribution in [3.8, 4) is 0 Å². The summed E-state index contributed by atoms with van der Waals surface area (Å²) in [6, 6.07) is 9.03. The SMILES string of the molecule is CSOCC(NC(=O)O)c1ccccc1. The maximum absolute atomic E-state index is 10.6. The van der Waals surface area contributed by atoms with Crippen LogP contribution in [0.5, 0.6) is 0 Å². The van der Waals surface area contributed by atoms with Gasteiger partial charge in [-0.15, -0.1) is 0 Å². The van der Waals surface area contributed by atoms with E-state index in [2.05, 4.69) is 5.32 Å². The zero-order valence-corrected chi connectivity index (χ0v) is 9.16. The quantitative estimate of drug-likeness (QED) is 0.758. The molecule has 1 unspecified atom stereocenters. The molecule has 2 N–H and O–H groups in total. The minimum absolute atomic E-state index is 0.317. The molecule has 1 rings (SSSR count). The first-order chi connectivity index (χ1) is 7.24. The maximum atomic E-state index is 10.6. The van der Waals surface area contributed by atoms with E-state index in [9.17, 15) is 4.79 Å². The Morgan fingerprint density at radius 3 is 2.73 bits per heavy atom. The van der Waals surface area contributed by atoms with Crippen LogP contribution in [0.15, 0.2) is 30.3 Å². The summed E-state index contributed by atoms with van der Waals surface area (Å²) < 4.78 is 5.14. The predicted molar refractivity (Wildman–Crippen MR) is 59.8 cm³/mol. The van der Waals surface area contributed by atoms with Crippen molar-refractivity contribution in [2.24, 2.45) is 0 Å². The van der Waals surface area contributed by atoms with Gasteiger partial charge < -0.3 is 14.6 Å². The van der Waals surface area contributed by atoms with E-state index in [1.54, 1.807) is 6.26 Å². The van der Waals surface area contributed by atoms with E-state index in [4.69, 9.17) is 9.29 Å². The van der Waals surface area contributed by atoms with Gasteiger partial charge >= 0.3 is 6.09 Å². The monoisotopic (exact) mass is 227 g/mol. The average molecular weight is 227 g/mol. The van der Waals surface area contributed by atoms with Crippen molar-refractivity contribution < 1.29 is 14.1 Å². The van der Waals surface area contributed by atoms with Gasteiger partial charge in [-0.2, -0.15) is 0 Å². The Morgan fingerprint density at radius 2 is 2.20 bits per heavy atom. The third kappa shape index (κ3) is 4.22. The first-order valence-corrected chi connectivity index (χ1v) is 5.59. The second kappa shape index (κ2) is 6.31. The Morgan fingerprint density at radius 1 is 1.53 bits per heavy atom. The van der Waals surface area contributed by atoms with E-state index < -0.39 is 6.09 Å². The lowest BCUT2D eigenvalue weighted by Crippen LogP contribution is -2.29. The smallest absolute Gasteiger partial charge is 0.405 e. The van der Waals surface area contributed by atoms with Crippen molar-refractivity contribution in [1.82, 2.24) is 5.32 Å². The summed E-state index contributed by atoms with van der Waals surface area (Å²) in [5.74, 6) is 0. The maximum Gasteiger partial charge on any atom is 0.405 e. The average Bonchev–Trinajstić information content (AvgIpc) is 2.25. The molecule has 0 aliphatic rings.